The standard InChI is InChI=1S/C16H19N3OS/c1-17-10-8-16(20)19-14-4-6-15(7-5-14)21-12-13-3-2-9-18-11-13/h2-7,9,11,17H,8,10,12H2,1H3,(H,19,20). The maximum atomic E-state index is 11.6. The van der Waals surface area contributed by atoms with Gasteiger partial charge in [0, 0.05) is 41.7 Å². The van der Waals surface area contributed by atoms with Crippen LogP contribution in [0.4, 0.5) is 5.69 Å². The van der Waals surface area contributed by atoms with Gasteiger partial charge in [-0.15, -0.1) is 11.8 Å². The topological polar surface area (TPSA) is 54.0 Å². The minimum atomic E-state index is 0.0279. The highest BCUT2D eigenvalue weighted by Crippen LogP contribution is 2.23. The Bertz CT molecular complexity index is 557. The Kier molecular flexibility index (Phi) is 6.24. The molecule has 21 heavy (non-hydrogen) atoms. The third kappa shape index (κ3) is 5.57. The average molecular weight is 301 g/mol. The van der Waals surface area contributed by atoms with Crippen LogP contribution in [0, 0.1) is 0 Å². The second-order valence-corrected chi connectivity index (χ2v) is 5.62. The number of hydrogen-bond acceptors (Lipinski definition) is 4. The van der Waals surface area contributed by atoms with E-state index in [2.05, 4.69) is 21.7 Å². The first-order valence-corrected chi connectivity index (χ1v) is 7.82. The molecule has 1 aromatic carbocycles. The second-order valence-electron chi connectivity index (χ2n) is 4.58. The predicted molar refractivity (Wildman–Crippen MR) is 87.4 cm³/mol. The first-order valence-electron chi connectivity index (χ1n) is 6.84. The maximum absolute atomic E-state index is 11.6. The molecule has 2 rings (SSSR count). The van der Waals surface area contributed by atoms with Crippen molar-refractivity contribution in [2.75, 3.05) is 18.9 Å². The Hall–Kier alpha value is -1.85. The van der Waals surface area contributed by atoms with Crippen molar-refractivity contribution in [1.29, 1.82) is 0 Å². The summed E-state index contributed by atoms with van der Waals surface area (Å²) in [6.07, 6.45) is 4.14. The Morgan fingerprint density at radius 1 is 1.24 bits per heavy atom. The van der Waals surface area contributed by atoms with Crippen LogP contribution in [0.25, 0.3) is 0 Å². The van der Waals surface area contributed by atoms with Crippen LogP contribution in [-0.2, 0) is 10.5 Å². The molecule has 0 spiro atoms. The van der Waals surface area contributed by atoms with Crippen molar-refractivity contribution in [3.8, 4) is 0 Å². The highest BCUT2D eigenvalue weighted by molar-refractivity contribution is 7.98. The number of carbonyl (C=O) groups excluding carboxylic acids is 1. The average Bonchev–Trinajstić information content (AvgIpc) is 2.53. The molecule has 5 heteroatoms. The Morgan fingerprint density at radius 2 is 2.05 bits per heavy atom. The summed E-state index contributed by atoms with van der Waals surface area (Å²) in [6, 6.07) is 11.9. The maximum Gasteiger partial charge on any atom is 0.225 e. The molecule has 0 fully saturated rings. The highest BCUT2D eigenvalue weighted by Gasteiger charge is 2.02. The third-order valence-electron chi connectivity index (χ3n) is 2.87. The van der Waals surface area contributed by atoms with Crippen molar-refractivity contribution >= 4 is 23.4 Å². The molecule has 1 amide bonds. The molecule has 2 N–H and O–H groups in total. The van der Waals surface area contributed by atoms with E-state index in [9.17, 15) is 4.79 Å². The van der Waals surface area contributed by atoms with Crippen molar-refractivity contribution < 1.29 is 4.79 Å². The van der Waals surface area contributed by atoms with E-state index in [1.165, 1.54) is 10.5 Å². The zero-order valence-electron chi connectivity index (χ0n) is 12.0. The Morgan fingerprint density at radius 3 is 2.71 bits per heavy atom. The number of rotatable bonds is 7. The van der Waals surface area contributed by atoms with E-state index in [1.807, 2.05) is 43.6 Å². The molecule has 0 aliphatic heterocycles. The van der Waals surface area contributed by atoms with E-state index in [1.54, 1.807) is 18.0 Å². The van der Waals surface area contributed by atoms with Gasteiger partial charge in [-0.3, -0.25) is 9.78 Å². The Labute approximate surface area is 129 Å². The summed E-state index contributed by atoms with van der Waals surface area (Å²) in [7, 11) is 1.83. The Balaban J connectivity index is 1.83. The molecular formula is C16H19N3OS. The van der Waals surface area contributed by atoms with Crippen LogP contribution in [-0.4, -0.2) is 24.5 Å². The van der Waals surface area contributed by atoms with Crippen molar-refractivity contribution in [3.05, 3.63) is 54.4 Å². The molecule has 4 nitrogen and oxygen atoms in total. The van der Waals surface area contributed by atoms with Crippen molar-refractivity contribution in [3.63, 3.8) is 0 Å². The van der Waals surface area contributed by atoms with Gasteiger partial charge < -0.3 is 10.6 Å². The van der Waals surface area contributed by atoms with Crippen LogP contribution in [0.15, 0.2) is 53.7 Å². The first kappa shape index (κ1) is 15.5. The minimum absolute atomic E-state index is 0.0279. The zero-order valence-corrected chi connectivity index (χ0v) is 12.8. The molecule has 110 valence electrons. The van der Waals surface area contributed by atoms with Crippen LogP contribution in [0.1, 0.15) is 12.0 Å². The number of nitrogens with one attached hydrogen (secondary N) is 2. The van der Waals surface area contributed by atoms with E-state index >= 15 is 0 Å². The molecule has 1 heterocycles. The normalized spacial score (nSPS) is 10.3. The zero-order chi connectivity index (χ0) is 14.9. The van der Waals surface area contributed by atoms with Crippen LogP contribution in [0.2, 0.25) is 0 Å². The number of pyridine rings is 1. The van der Waals surface area contributed by atoms with E-state index < -0.39 is 0 Å². The van der Waals surface area contributed by atoms with Gasteiger partial charge in [0.15, 0.2) is 0 Å². The summed E-state index contributed by atoms with van der Waals surface area (Å²) in [5.41, 5.74) is 2.04. The van der Waals surface area contributed by atoms with Crippen LogP contribution < -0.4 is 10.6 Å². The van der Waals surface area contributed by atoms with Gasteiger partial charge >= 0.3 is 0 Å². The first-order chi connectivity index (χ1) is 10.3. The van der Waals surface area contributed by atoms with E-state index in [0.717, 1.165) is 11.4 Å². The SMILES string of the molecule is CNCCC(=O)Nc1ccc(SCc2cccnc2)cc1. The van der Waals surface area contributed by atoms with Crippen molar-refractivity contribution in [1.82, 2.24) is 10.3 Å². The minimum Gasteiger partial charge on any atom is -0.326 e. The van der Waals surface area contributed by atoms with Gasteiger partial charge in [0.05, 0.1) is 0 Å². The van der Waals surface area contributed by atoms with Crippen molar-refractivity contribution in [2.24, 2.45) is 0 Å². The van der Waals surface area contributed by atoms with E-state index in [4.69, 9.17) is 0 Å². The lowest BCUT2D eigenvalue weighted by Crippen LogP contribution is -2.18. The van der Waals surface area contributed by atoms with Crippen LogP contribution in [0.3, 0.4) is 0 Å². The number of hydrogen-bond donors (Lipinski definition) is 2. The van der Waals surface area contributed by atoms with Gasteiger partial charge in [0.2, 0.25) is 5.91 Å². The van der Waals surface area contributed by atoms with Gasteiger partial charge in [-0.25, -0.2) is 0 Å². The molecular weight excluding hydrogens is 282 g/mol. The number of amides is 1. The fraction of sp³-hybridized carbons (Fsp3) is 0.250. The number of anilines is 1. The molecule has 2 aromatic rings. The largest absolute Gasteiger partial charge is 0.326 e. The summed E-state index contributed by atoms with van der Waals surface area (Å²) >= 11 is 1.75. The highest BCUT2D eigenvalue weighted by atomic mass is 32.2. The summed E-state index contributed by atoms with van der Waals surface area (Å²) in [5, 5.41) is 5.84. The molecule has 0 bridgehead atoms. The van der Waals surface area contributed by atoms with Crippen LogP contribution >= 0.6 is 11.8 Å². The second kappa shape index (κ2) is 8.44. The predicted octanol–water partition coefficient (Wildman–Crippen LogP) is 2.92. The number of nitrogens with zero attached hydrogens (tertiary/aromatic N) is 1. The van der Waals surface area contributed by atoms with E-state index in [-0.39, 0.29) is 5.91 Å². The summed E-state index contributed by atoms with van der Waals surface area (Å²) in [6.45, 7) is 0.685. The summed E-state index contributed by atoms with van der Waals surface area (Å²) in [5.74, 6) is 0.918. The molecule has 0 saturated heterocycles. The van der Waals surface area contributed by atoms with Gasteiger partial charge in [-0.2, -0.15) is 0 Å². The molecule has 0 saturated carbocycles. The van der Waals surface area contributed by atoms with Gasteiger partial charge in [0.25, 0.3) is 0 Å². The summed E-state index contributed by atoms with van der Waals surface area (Å²) in [4.78, 5) is 16.9. The smallest absolute Gasteiger partial charge is 0.225 e. The number of thioether (sulfide) groups is 1. The molecule has 0 unspecified atom stereocenters. The number of benzene rings is 1. The lowest BCUT2D eigenvalue weighted by Gasteiger charge is -2.06. The molecule has 0 aliphatic carbocycles. The molecule has 0 atom stereocenters. The van der Waals surface area contributed by atoms with E-state index in [0.29, 0.717) is 13.0 Å². The van der Waals surface area contributed by atoms with Gasteiger partial charge in [-0.05, 0) is 42.9 Å². The monoisotopic (exact) mass is 301 g/mol. The molecule has 1 aromatic heterocycles. The van der Waals surface area contributed by atoms with Gasteiger partial charge in [0.1, 0.15) is 0 Å². The molecule has 0 aliphatic rings. The van der Waals surface area contributed by atoms with Gasteiger partial charge in [-0.1, -0.05) is 6.07 Å². The molecule has 0 radical (unpaired) electrons. The fourth-order valence-corrected chi connectivity index (χ4v) is 2.58. The lowest BCUT2D eigenvalue weighted by molar-refractivity contribution is -0.116. The van der Waals surface area contributed by atoms with Crippen LogP contribution in [0.5, 0.6) is 0 Å². The lowest BCUT2D eigenvalue weighted by atomic mass is 10.3. The third-order valence-corrected chi connectivity index (χ3v) is 3.95. The van der Waals surface area contributed by atoms with Crippen molar-refractivity contribution in [2.45, 2.75) is 17.1 Å². The summed E-state index contributed by atoms with van der Waals surface area (Å²) < 4.78 is 0. The fourth-order valence-electron chi connectivity index (χ4n) is 1.75. The number of aromatic nitrogens is 1. The quantitative estimate of drug-likeness (QED) is 0.772. The number of carbonyl (C=O) groups is 1.